The summed E-state index contributed by atoms with van der Waals surface area (Å²) < 4.78 is 39.1. The van der Waals surface area contributed by atoms with Gasteiger partial charge in [-0.3, -0.25) is 4.79 Å². The molecule has 0 spiro atoms. The van der Waals surface area contributed by atoms with Crippen molar-refractivity contribution in [2.75, 3.05) is 51.8 Å². The van der Waals surface area contributed by atoms with Gasteiger partial charge in [0.15, 0.2) is 11.5 Å². The summed E-state index contributed by atoms with van der Waals surface area (Å²) in [6.45, 7) is 7.37. The summed E-state index contributed by atoms with van der Waals surface area (Å²) in [7, 11) is -1.69. The van der Waals surface area contributed by atoms with Crippen molar-refractivity contribution in [3.8, 4) is 11.5 Å². The second-order valence-electron chi connectivity index (χ2n) is 8.05. The minimum absolute atomic E-state index is 0.120. The van der Waals surface area contributed by atoms with Crippen LogP contribution in [-0.4, -0.2) is 70.0 Å². The summed E-state index contributed by atoms with van der Waals surface area (Å²) >= 11 is 0. The zero-order valence-corrected chi connectivity index (χ0v) is 20.4. The molecule has 180 valence electrons. The lowest BCUT2D eigenvalue weighted by Gasteiger charge is -2.31. The lowest BCUT2D eigenvalue weighted by molar-refractivity contribution is 0.102. The Morgan fingerprint density at radius 3 is 2.27 bits per heavy atom. The number of hydrogen-bond acceptors (Lipinski definition) is 6. The number of likely N-dealkylation sites (N-methyl/N-ethyl adjacent to an activating group) is 1. The van der Waals surface area contributed by atoms with Crippen molar-refractivity contribution in [3.05, 3.63) is 48.0 Å². The second kappa shape index (κ2) is 11.5. The minimum atomic E-state index is -3.66. The van der Waals surface area contributed by atoms with Crippen LogP contribution in [0, 0.1) is 0 Å². The first kappa shape index (κ1) is 25.0. The fourth-order valence-corrected chi connectivity index (χ4v) is 4.89. The molecule has 0 aliphatic carbocycles. The van der Waals surface area contributed by atoms with E-state index in [0.717, 1.165) is 12.8 Å². The molecule has 1 amide bonds. The van der Waals surface area contributed by atoms with Gasteiger partial charge in [0.1, 0.15) is 0 Å². The average Bonchev–Trinajstić information content (AvgIpc) is 2.82. The molecule has 0 unspecified atom stereocenters. The third-order valence-electron chi connectivity index (χ3n) is 5.32. The molecule has 0 saturated carbocycles. The number of piperazine rings is 1. The van der Waals surface area contributed by atoms with Gasteiger partial charge in [-0.2, -0.15) is 4.31 Å². The van der Waals surface area contributed by atoms with E-state index in [9.17, 15) is 13.2 Å². The number of ether oxygens (including phenoxy) is 2. The van der Waals surface area contributed by atoms with Gasteiger partial charge in [0.05, 0.1) is 18.1 Å². The van der Waals surface area contributed by atoms with Crippen LogP contribution >= 0.6 is 0 Å². The maximum Gasteiger partial charge on any atom is 0.255 e. The molecule has 1 N–H and O–H groups in total. The summed E-state index contributed by atoms with van der Waals surface area (Å²) in [5.74, 6) is 0.798. The smallest absolute Gasteiger partial charge is 0.255 e. The molecular formula is C24H33N3O5S. The fraction of sp³-hybridized carbons (Fsp3) is 0.458. The predicted molar refractivity (Wildman–Crippen MR) is 129 cm³/mol. The van der Waals surface area contributed by atoms with Gasteiger partial charge < -0.3 is 19.7 Å². The summed E-state index contributed by atoms with van der Waals surface area (Å²) in [5, 5.41) is 2.83. The summed E-state index contributed by atoms with van der Waals surface area (Å²) in [6, 6.07) is 11.4. The summed E-state index contributed by atoms with van der Waals surface area (Å²) in [4.78, 5) is 15.1. The molecule has 3 rings (SSSR count). The van der Waals surface area contributed by atoms with Crippen molar-refractivity contribution >= 4 is 21.6 Å². The van der Waals surface area contributed by atoms with Crippen molar-refractivity contribution in [2.24, 2.45) is 0 Å². The molecule has 0 aromatic heterocycles. The number of nitrogens with zero attached hydrogens (tertiary/aromatic N) is 2. The van der Waals surface area contributed by atoms with E-state index in [-0.39, 0.29) is 10.5 Å². The number of sulfonamides is 1. The number of amides is 1. The summed E-state index contributed by atoms with van der Waals surface area (Å²) in [6.07, 6.45) is 1.72. The third kappa shape index (κ3) is 6.46. The van der Waals surface area contributed by atoms with Crippen LogP contribution in [0.3, 0.4) is 0 Å². The molecule has 2 aromatic rings. The molecular weight excluding hydrogens is 442 g/mol. The lowest BCUT2D eigenvalue weighted by atomic mass is 10.2. The van der Waals surface area contributed by atoms with Crippen LogP contribution in [0.4, 0.5) is 5.69 Å². The molecule has 0 bridgehead atoms. The first-order chi connectivity index (χ1) is 15.8. The van der Waals surface area contributed by atoms with Crippen LogP contribution in [0.1, 0.15) is 37.0 Å². The Balaban J connectivity index is 1.76. The monoisotopic (exact) mass is 475 g/mol. The highest BCUT2D eigenvalue weighted by Gasteiger charge is 2.28. The van der Waals surface area contributed by atoms with Crippen LogP contribution < -0.4 is 14.8 Å². The Labute approximate surface area is 196 Å². The van der Waals surface area contributed by atoms with E-state index in [1.807, 2.05) is 20.9 Å². The van der Waals surface area contributed by atoms with E-state index < -0.39 is 15.9 Å². The number of benzene rings is 2. The van der Waals surface area contributed by atoms with E-state index in [4.69, 9.17) is 9.47 Å². The standard InChI is InChI=1S/C24H33N3O5S/c1-4-15-31-22-10-9-20(18-23(22)32-16-5-2)25-24(28)19-7-6-8-21(17-19)33(29,30)27-13-11-26(3)12-14-27/h6-10,17-18H,4-5,11-16H2,1-3H3,(H,25,28). The molecule has 1 aliphatic rings. The molecule has 1 fully saturated rings. The maximum absolute atomic E-state index is 13.0. The van der Waals surface area contributed by atoms with Crippen LogP contribution in [-0.2, 0) is 10.0 Å². The van der Waals surface area contributed by atoms with Crippen LogP contribution in [0.25, 0.3) is 0 Å². The summed E-state index contributed by atoms with van der Waals surface area (Å²) in [5.41, 5.74) is 0.815. The number of nitrogens with one attached hydrogen (secondary N) is 1. The second-order valence-corrected chi connectivity index (χ2v) is 9.99. The van der Waals surface area contributed by atoms with Gasteiger partial charge >= 0.3 is 0 Å². The quantitative estimate of drug-likeness (QED) is 0.566. The van der Waals surface area contributed by atoms with Crippen molar-refractivity contribution in [3.63, 3.8) is 0 Å². The fourth-order valence-electron chi connectivity index (χ4n) is 3.42. The molecule has 2 aromatic carbocycles. The van der Waals surface area contributed by atoms with E-state index in [2.05, 4.69) is 10.2 Å². The van der Waals surface area contributed by atoms with Gasteiger partial charge in [-0.15, -0.1) is 0 Å². The Hall–Kier alpha value is -2.62. The minimum Gasteiger partial charge on any atom is -0.490 e. The Morgan fingerprint density at radius 2 is 1.61 bits per heavy atom. The van der Waals surface area contributed by atoms with Gasteiger partial charge in [0, 0.05) is 43.5 Å². The number of hydrogen-bond donors (Lipinski definition) is 1. The van der Waals surface area contributed by atoms with E-state index >= 15 is 0 Å². The largest absolute Gasteiger partial charge is 0.490 e. The predicted octanol–water partition coefficient (Wildman–Crippen LogP) is 3.45. The zero-order chi connectivity index (χ0) is 23.8. The first-order valence-electron chi connectivity index (χ1n) is 11.3. The van der Waals surface area contributed by atoms with Crippen molar-refractivity contribution in [1.82, 2.24) is 9.21 Å². The molecule has 1 heterocycles. The van der Waals surface area contributed by atoms with Gasteiger partial charge in [0.2, 0.25) is 10.0 Å². The molecule has 0 atom stereocenters. The number of rotatable bonds is 10. The first-order valence-corrected chi connectivity index (χ1v) is 12.8. The topological polar surface area (TPSA) is 88.2 Å². The van der Waals surface area contributed by atoms with Crippen molar-refractivity contribution < 1.29 is 22.7 Å². The van der Waals surface area contributed by atoms with Gasteiger partial charge in [-0.05, 0) is 50.2 Å². The third-order valence-corrected chi connectivity index (χ3v) is 7.22. The number of carbonyl (C=O) groups is 1. The Morgan fingerprint density at radius 1 is 0.939 bits per heavy atom. The van der Waals surface area contributed by atoms with Crippen LogP contribution in [0.5, 0.6) is 11.5 Å². The SMILES string of the molecule is CCCOc1ccc(NC(=O)c2cccc(S(=O)(=O)N3CCN(C)CC3)c2)cc1OCCC. The van der Waals surface area contributed by atoms with E-state index in [1.54, 1.807) is 30.3 Å². The molecule has 1 saturated heterocycles. The zero-order valence-electron chi connectivity index (χ0n) is 19.5. The molecule has 33 heavy (non-hydrogen) atoms. The van der Waals surface area contributed by atoms with Crippen LogP contribution in [0.15, 0.2) is 47.4 Å². The van der Waals surface area contributed by atoms with Gasteiger partial charge in [-0.1, -0.05) is 19.9 Å². The number of anilines is 1. The Bertz CT molecular complexity index is 1050. The van der Waals surface area contributed by atoms with Crippen LogP contribution in [0.2, 0.25) is 0 Å². The normalized spacial score (nSPS) is 15.2. The lowest BCUT2D eigenvalue weighted by Crippen LogP contribution is -2.47. The van der Waals surface area contributed by atoms with Crippen molar-refractivity contribution in [2.45, 2.75) is 31.6 Å². The molecule has 9 heteroatoms. The highest BCUT2D eigenvalue weighted by atomic mass is 32.2. The molecule has 8 nitrogen and oxygen atoms in total. The maximum atomic E-state index is 13.0. The molecule has 0 radical (unpaired) electrons. The highest BCUT2D eigenvalue weighted by Crippen LogP contribution is 2.31. The molecule has 1 aliphatic heterocycles. The van der Waals surface area contributed by atoms with Gasteiger partial charge in [0.25, 0.3) is 5.91 Å². The van der Waals surface area contributed by atoms with E-state index in [1.165, 1.54) is 16.4 Å². The highest BCUT2D eigenvalue weighted by molar-refractivity contribution is 7.89. The Kier molecular flexibility index (Phi) is 8.71. The van der Waals surface area contributed by atoms with E-state index in [0.29, 0.717) is 56.6 Å². The van der Waals surface area contributed by atoms with Gasteiger partial charge in [-0.25, -0.2) is 8.42 Å². The number of carbonyl (C=O) groups excluding carboxylic acids is 1. The average molecular weight is 476 g/mol. The van der Waals surface area contributed by atoms with Crippen molar-refractivity contribution in [1.29, 1.82) is 0 Å².